The van der Waals surface area contributed by atoms with Crippen LogP contribution in [0.15, 0.2) is 24.3 Å². The van der Waals surface area contributed by atoms with Crippen molar-refractivity contribution >= 4 is 18.1 Å². The van der Waals surface area contributed by atoms with Crippen LogP contribution in [0.5, 0.6) is 5.75 Å². The van der Waals surface area contributed by atoms with E-state index in [9.17, 15) is 14.4 Å². The van der Waals surface area contributed by atoms with Gasteiger partial charge in [-0.05, 0) is 18.6 Å². The number of hydrogen-bond acceptors (Lipinski definition) is 4. The van der Waals surface area contributed by atoms with E-state index in [1.165, 1.54) is 4.90 Å². The summed E-state index contributed by atoms with van der Waals surface area (Å²) < 4.78 is 5.42. The largest absolute Gasteiger partial charge is 0.483 e. The third-order valence-electron chi connectivity index (χ3n) is 3.43. The van der Waals surface area contributed by atoms with Crippen molar-refractivity contribution in [1.29, 1.82) is 0 Å². The molecule has 0 bridgehead atoms. The SMILES string of the molecule is CCC1C(=O)NCCN1C(=O)COc1ccccc1C=O. The normalized spacial score (nSPS) is 18.0. The van der Waals surface area contributed by atoms with Crippen LogP contribution >= 0.6 is 0 Å². The molecule has 0 radical (unpaired) electrons. The number of carbonyl (C=O) groups excluding carboxylic acids is 3. The number of carbonyl (C=O) groups is 3. The Hall–Kier alpha value is -2.37. The van der Waals surface area contributed by atoms with Crippen molar-refractivity contribution < 1.29 is 19.1 Å². The lowest BCUT2D eigenvalue weighted by Crippen LogP contribution is -2.57. The van der Waals surface area contributed by atoms with Crippen LogP contribution in [0.4, 0.5) is 0 Å². The van der Waals surface area contributed by atoms with E-state index in [1.54, 1.807) is 24.3 Å². The van der Waals surface area contributed by atoms with Crippen LogP contribution in [0, 0.1) is 0 Å². The molecule has 1 unspecified atom stereocenters. The molecule has 6 nitrogen and oxygen atoms in total. The maximum absolute atomic E-state index is 12.2. The van der Waals surface area contributed by atoms with Gasteiger partial charge in [0.05, 0.1) is 5.56 Å². The highest BCUT2D eigenvalue weighted by molar-refractivity contribution is 5.89. The van der Waals surface area contributed by atoms with Crippen LogP contribution in [0.1, 0.15) is 23.7 Å². The van der Waals surface area contributed by atoms with Gasteiger partial charge in [-0.2, -0.15) is 0 Å². The molecular weight excluding hydrogens is 272 g/mol. The Balaban J connectivity index is 2.01. The van der Waals surface area contributed by atoms with E-state index in [4.69, 9.17) is 4.74 Å². The summed E-state index contributed by atoms with van der Waals surface area (Å²) in [5, 5.41) is 2.74. The van der Waals surface area contributed by atoms with Crippen molar-refractivity contribution in [3.8, 4) is 5.75 Å². The van der Waals surface area contributed by atoms with Gasteiger partial charge < -0.3 is 15.0 Å². The molecule has 112 valence electrons. The van der Waals surface area contributed by atoms with E-state index in [2.05, 4.69) is 5.32 Å². The van der Waals surface area contributed by atoms with Crippen LogP contribution in [-0.4, -0.2) is 48.7 Å². The average molecular weight is 290 g/mol. The maximum Gasteiger partial charge on any atom is 0.261 e. The third-order valence-corrected chi connectivity index (χ3v) is 3.43. The lowest BCUT2D eigenvalue weighted by atomic mass is 10.1. The average Bonchev–Trinajstić information content (AvgIpc) is 2.52. The minimum Gasteiger partial charge on any atom is -0.483 e. The molecule has 0 aromatic heterocycles. The molecule has 6 heteroatoms. The summed E-state index contributed by atoms with van der Waals surface area (Å²) in [4.78, 5) is 36.4. The number of ether oxygens (including phenoxy) is 1. The van der Waals surface area contributed by atoms with Crippen LogP contribution in [-0.2, 0) is 9.59 Å². The molecule has 1 aromatic rings. The summed E-state index contributed by atoms with van der Waals surface area (Å²) in [5.74, 6) is -0.0156. The van der Waals surface area contributed by atoms with Gasteiger partial charge in [0.1, 0.15) is 11.8 Å². The molecule has 1 aliphatic rings. The summed E-state index contributed by atoms with van der Waals surface area (Å²) in [6.45, 7) is 2.60. The number of nitrogens with one attached hydrogen (secondary N) is 1. The first-order valence-corrected chi connectivity index (χ1v) is 6.91. The number of amides is 2. The molecule has 1 aliphatic heterocycles. The van der Waals surface area contributed by atoms with E-state index in [0.29, 0.717) is 37.1 Å². The predicted molar refractivity (Wildman–Crippen MR) is 76.1 cm³/mol. The fraction of sp³-hybridized carbons (Fsp3) is 0.400. The summed E-state index contributed by atoms with van der Waals surface area (Å²) in [6.07, 6.45) is 1.24. The highest BCUT2D eigenvalue weighted by atomic mass is 16.5. The summed E-state index contributed by atoms with van der Waals surface area (Å²) in [7, 11) is 0. The molecule has 0 spiro atoms. The zero-order chi connectivity index (χ0) is 15.2. The predicted octanol–water partition coefficient (Wildman–Crippen LogP) is 0.615. The molecule has 1 fully saturated rings. The minimum atomic E-state index is -0.448. The highest BCUT2D eigenvalue weighted by Gasteiger charge is 2.31. The topological polar surface area (TPSA) is 75.7 Å². The second-order valence-electron chi connectivity index (χ2n) is 4.75. The number of benzene rings is 1. The van der Waals surface area contributed by atoms with Crippen LogP contribution in [0.3, 0.4) is 0 Å². The number of nitrogens with zero attached hydrogens (tertiary/aromatic N) is 1. The Labute approximate surface area is 123 Å². The molecule has 1 saturated heterocycles. The van der Waals surface area contributed by atoms with E-state index >= 15 is 0 Å². The van der Waals surface area contributed by atoms with E-state index < -0.39 is 6.04 Å². The zero-order valence-corrected chi connectivity index (χ0v) is 11.9. The molecule has 2 amide bonds. The molecule has 2 rings (SSSR count). The number of para-hydroxylation sites is 1. The van der Waals surface area contributed by atoms with E-state index in [1.807, 2.05) is 6.92 Å². The zero-order valence-electron chi connectivity index (χ0n) is 11.9. The fourth-order valence-corrected chi connectivity index (χ4v) is 2.35. The van der Waals surface area contributed by atoms with Crippen molar-refractivity contribution in [3.63, 3.8) is 0 Å². The summed E-state index contributed by atoms with van der Waals surface area (Å²) in [5.41, 5.74) is 0.397. The van der Waals surface area contributed by atoms with Crippen molar-refractivity contribution in [1.82, 2.24) is 10.2 Å². The number of piperazine rings is 1. The first-order valence-electron chi connectivity index (χ1n) is 6.91. The number of hydrogen-bond donors (Lipinski definition) is 1. The summed E-state index contributed by atoms with van der Waals surface area (Å²) >= 11 is 0. The van der Waals surface area contributed by atoms with Gasteiger partial charge in [0.2, 0.25) is 5.91 Å². The van der Waals surface area contributed by atoms with Gasteiger partial charge in [0.15, 0.2) is 12.9 Å². The molecule has 1 heterocycles. The minimum absolute atomic E-state index is 0.134. The lowest BCUT2D eigenvalue weighted by molar-refractivity contribution is -0.144. The van der Waals surface area contributed by atoms with Gasteiger partial charge in [-0.3, -0.25) is 14.4 Å². The van der Waals surface area contributed by atoms with Crippen LogP contribution < -0.4 is 10.1 Å². The Bertz CT molecular complexity index is 544. The highest BCUT2D eigenvalue weighted by Crippen LogP contribution is 2.16. The second-order valence-corrected chi connectivity index (χ2v) is 4.75. The lowest BCUT2D eigenvalue weighted by Gasteiger charge is -2.34. The van der Waals surface area contributed by atoms with Crippen molar-refractivity contribution in [2.75, 3.05) is 19.7 Å². The van der Waals surface area contributed by atoms with E-state index in [-0.39, 0.29) is 18.4 Å². The van der Waals surface area contributed by atoms with Crippen LogP contribution in [0.25, 0.3) is 0 Å². The first-order chi connectivity index (χ1) is 10.2. The van der Waals surface area contributed by atoms with Gasteiger partial charge in [-0.15, -0.1) is 0 Å². The molecule has 21 heavy (non-hydrogen) atoms. The second kappa shape index (κ2) is 6.88. The Morgan fingerprint density at radius 3 is 2.95 bits per heavy atom. The van der Waals surface area contributed by atoms with E-state index in [0.717, 1.165) is 0 Å². The number of aldehydes is 1. The standard InChI is InChI=1S/C15H18N2O4/c1-2-12-15(20)16-7-8-17(12)14(19)10-21-13-6-4-3-5-11(13)9-18/h3-6,9,12H,2,7-8,10H2,1H3,(H,16,20). The Kier molecular flexibility index (Phi) is 4.92. The quantitative estimate of drug-likeness (QED) is 0.806. The molecule has 1 N–H and O–H groups in total. The Morgan fingerprint density at radius 2 is 2.24 bits per heavy atom. The molecule has 1 atom stereocenters. The maximum atomic E-state index is 12.2. The van der Waals surface area contributed by atoms with Gasteiger partial charge >= 0.3 is 0 Å². The number of rotatable bonds is 5. The molecular formula is C15H18N2O4. The monoisotopic (exact) mass is 290 g/mol. The van der Waals surface area contributed by atoms with Gasteiger partial charge in [-0.1, -0.05) is 19.1 Å². The van der Waals surface area contributed by atoms with Crippen molar-refractivity contribution in [2.24, 2.45) is 0 Å². The third kappa shape index (κ3) is 3.39. The fourth-order valence-electron chi connectivity index (χ4n) is 2.35. The van der Waals surface area contributed by atoms with Crippen LogP contribution in [0.2, 0.25) is 0 Å². The van der Waals surface area contributed by atoms with Gasteiger partial charge in [0.25, 0.3) is 5.91 Å². The molecule has 0 saturated carbocycles. The van der Waals surface area contributed by atoms with Crippen molar-refractivity contribution in [2.45, 2.75) is 19.4 Å². The smallest absolute Gasteiger partial charge is 0.261 e. The van der Waals surface area contributed by atoms with Gasteiger partial charge in [0, 0.05) is 13.1 Å². The molecule has 1 aromatic carbocycles. The Morgan fingerprint density at radius 1 is 1.48 bits per heavy atom. The molecule has 0 aliphatic carbocycles. The summed E-state index contributed by atoms with van der Waals surface area (Å²) in [6, 6.07) is 6.26. The van der Waals surface area contributed by atoms with Gasteiger partial charge in [-0.25, -0.2) is 0 Å². The first kappa shape index (κ1) is 15.0. The van der Waals surface area contributed by atoms with Crippen molar-refractivity contribution in [3.05, 3.63) is 29.8 Å².